The molecule has 2 aliphatic rings. The molecule has 2 aliphatic heterocycles. The normalized spacial score (nSPS) is 19.7. The number of hydrogen-bond donors (Lipinski definition) is 0. The van der Waals surface area contributed by atoms with Crippen LogP contribution in [0.4, 0.5) is 5.69 Å². The number of fused-ring (bicyclic) bond motifs is 2. The highest BCUT2D eigenvalue weighted by atomic mass is 32.2. The summed E-state index contributed by atoms with van der Waals surface area (Å²) >= 11 is 1.58. The first-order valence-corrected chi connectivity index (χ1v) is 11.9. The summed E-state index contributed by atoms with van der Waals surface area (Å²) in [6.45, 7) is 7.14. The fourth-order valence-electron chi connectivity index (χ4n) is 4.73. The monoisotopic (exact) mass is 442 g/mol. The summed E-state index contributed by atoms with van der Waals surface area (Å²) in [6, 6.07) is 22.0. The second-order valence-electron chi connectivity index (χ2n) is 8.72. The van der Waals surface area contributed by atoms with Crippen LogP contribution >= 0.6 is 11.8 Å². The number of anilines is 1. The number of amides is 2. The summed E-state index contributed by atoms with van der Waals surface area (Å²) in [4.78, 5) is 30.4. The molecule has 0 aliphatic carbocycles. The minimum atomic E-state index is -1.01. The van der Waals surface area contributed by atoms with E-state index in [4.69, 9.17) is 0 Å². The van der Waals surface area contributed by atoms with Gasteiger partial charge in [0.25, 0.3) is 11.8 Å². The quantitative estimate of drug-likeness (QED) is 0.560. The first kappa shape index (κ1) is 20.8. The highest BCUT2D eigenvalue weighted by molar-refractivity contribution is 8.01. The lowest BCUT2D eigenvalue weighted by atomic mass is 10.0. The summed E-state index contributed by atoms with van der Waals surface area (Å²) in [5, 5.41) is 0. The average molecular weight is 443 g/mol. The molecule has 3 aromatic carbocycles. The zero-order valence-corrected chi connectivity index (χ0v) is 19.4. The van der Waals surface area contributed by atoms with Gasteiger partial charge in [0.05, 0.1) is 12.2 Å². The van der Waals surface area contributed by atoms with Crippen molar-refractivity contribution in [2.75, 3.05) is 17.2 Å². The van der Waals surface area contributed by atoms with Gasteiger partial charge in [-0.1, -0.05) is 65.2 Å². The molecule has 162 valence electrons. The van der Waals surface area contributed by atoms with E-state index in [2.05, 4.69) is 31.2 Å². The number of thioether (sulfide) groups is 1. The lowest BCUT2D eigenvalue weighted by Gasteiger charge is -2.33. The number of aryl methyl sites for hydroxylation is 3. The molecule has 3 aromatic rings. The number of carbonyl (C=O) groups is 2. The van der Waals surface area contributed by atoms with E-state index < -0.39 is 4.87 Å². The Balaban J connectivity index is 1.59. The van der Waals surface area contributed by atoms with E-state index in [1.165, 1.54) is 5.56 Å². The second-order valence-corrected chi connectivity index (χ2v) is 10.0. The smallest absolute Gasteiger partial charge is 0.268 e. The molecule has 2 amide bonds. The molecule has 0 radical (unpaired) electrons. The van der Waals surface area contributed by atoms with Gasteiger partial charge < -0.3 is 9.80 Å². The van der Waals surface area contributed by atoms with Crippen LogP contribution in [0, 0.1) is 20.8 Å². The molecule has 4 nitrogen and oxygen atoms in total. The van der Waals surface area contributed by atoms with Crippen molar-refractivity contribution < 1.29 is 9.59 Å². The van der Waals surface area contributed by atoms with Gasteiger partial charge in [0.1, 0.15) is 0 Å². The van der Waals surface area contributed by atoms with E-state index in [-0.39, 0.29) is 11.8 Å². The van der Waals surface area contributed by atoms with Crippen LogP contribution in [0.15, 0.2) is 66.7 Å². The van der Waals surface area contributed by atoms with Crippen molar-refractivity contribution in [1.29, 1.82) is 0 Å². The van der Waals surface area contributed by atoms with Crippen LogP contribution in [0.2, 0.25) is 0 Å². The predicted octanol–water partition coefficient (Wildman–Crippen LogP) is 5.20. The zero-order chi connectivity index (χ0) is 22.5. The standard InChI is InChI=1S/C27H26N2O2S/c1-18-7-10-22(11-8-18)25(30)29-13-14-32-27(29)23-16-20(3)9-12-24(23)28(26(27)31)17-21-6-4-5-19(2)15-21/h4-12,15-16H,13-14,17H2,1-3H3/t27-/m1/s1. The first-order valence-electron chi connectivity index (χ1n) is 10.9. The Morgan fingerprint density at radius 2 is 1.66 bits per heavy atom. The highest BCUT2D eigenvalue weighted by Gasteiger charge is 2.59. The maximum Gasteiger partial charge on any atom is 0.268 e. The molecule has 2 heterocycles. The molecule has 0 saturated carbocycles. The largest absolute Gasteiger partial charge is 0.311 e. The summed E-state index contributed by atoms with van der Waals surface area (Å²) in [5.41, 5.74) is 6.89. The minimum absolute atomic E-state index is 0.0254. The number of nitrogens with zero attached hydrogens (tertiary/aromatic N) is 2. The van der Waals surface area contributed by atoms with Gasteiger partial charge in [-0.05, 0) is 44.5 Å². The molecule has 1 atom stereocenters. The third-order valence-corrected chi connectivity index (χ3v) is 7.74. The lowest BCUT2D eigenvalue weighted by molar-refractivity contribution is -0.123. The van der Waals surface area contributed by atoms with Gasteiger partial charge in [0.15, 0.2) is 4.87 Å². The van der Waals surface area contributed by atoms with E-state index >= 15 is 0 Å². The van der Waals surface area contributed by atoms with Gasteiger partial charge in [-0.15, -0.1) is 11.8 Å². The Morgan fingerprint density at radius 1 is 0.938 bits per heavy atom. The molecule has 0 bridgehead atoms. The van der Waals surface area contributed by atoms with Crippen molar-refractivity contribution in [3.8, 4) is 0 Å². The Kier molecular flexibility index (Phi) is 5.09. The summed E-state index contributed by atoms with van der Waals surface area (Å²) < 4.78 is 0. The molecule has 1 fully saturated rings. The fourth-order valence-corrected chi connectivity index (χ4v) is 6.18. The van der Waals surface area contributed by atoms with Crippen molar-refractivity contribution in [2.45, 2.75) is 32.2 Å². The molecule has 0 unspecified atom stereocenters. The zero-order valence-electron chi connectivity index (χ0n) is 18.6. The van der Waals surface area contributed by atoms with Crippen LogP contribution in [0.3, 0.4) is 0 Å². The maximum atomic E-state index is 14.1. The Bertz CT molecular complexity index is 1220. The highest BCUT2D eigenvalue weighted by Crippen LogP contribution is 2.55. The first-order chi connectivity index (χ1) is 15.4. The third kappa shape index (κ3) is 3.23. The van der Waals surface area contributed by atoms with Crippen LogP contribution in [0.1, 0.15) is 38.2 Å². The van der Waals surface area contributed by atoms with Crippen LogP contribution in [-0.4, -0.2) is 29.0 Å². The summed E-state index contributed by atoms with van der Waals surface area (Å²) in [7, 11) is 0. The Hall–Kier alpha value is -3.05. The van der Waals surface area contributed by atoms with Crippen molar-refractivity contribution in [3.63, 3.8) is 0 Å². The molecule has 0 aromatic heterocycles. The van der Waals surface area contributed by atoms with Crippen molar-refractivity contribution >= 4 is 29.3 Å². The van der Waals surface area contributed by atoms with Crippen LogP contribution in [-0.2, 0) is 16.2 Å². The SMILES string of the molecule is Cc1ccc(C(=O)N2CCS[C@]23C(=O)N(Cc2cccc(C)c2)c2ccc(C)cc23)cc1. The number of benzene rings is 3. The third-order valence-electron chi connectivity index (χ3n) is 6.32. The Morgan fingerprint density at radius 3 is 2.41 bits per heavy atom. The molecular formula is C27H26N2O2S. The Labute approximate surface area is 193 Å². The molecule has 5 rings (SSSR count). The van der Waals surface area contributed by atoms with E-state index in [1.807, 2.05) is 61.2 Å². The van der Waals surface area contributed by atoms with Gasteiger partial charge >= 0.3 is 0 Å². The van der Waals surface area contributed by atoms with Crippen LogP contribution in [0.25, 0.3) is 0 Å². The molecule has 1 saturated heterocycles. The summed E-state index contributed by atoms with van der Waals surface area (Å²) in [6.07, 6.45) is 0. The van der Waals surface area contributed by atoms with Crippen molar-refractivity contribution in [1.82, 2.24) is 4.90 Å². The van der Waals surface area contributed by atoms with E-state index in [1.54, 1.807) is 16.7 Å². The number of rotatable bonds is 3. The van der Waals surface area contributed by atoms with Gasteiger partial charge in [0.2, 0.25) is 0 Å². The van der Waals surface area contributed by atoms with Gasteiger partial charge in [-0.3, -0.25) is 9.59 Å². The molecule has 1 spiro atoms. The molecule has 32 heavy (non-hydrogen) atoms. The predicted molar refractivity (Wildman–Crippen MR) is 130 cm³/mol. The average Bonchev–Trinajstić information content (AvgIpc) is 3.31. The summed E-state index contributed by atoms with van der Waals surface area (Å²) in [5.74, 6) is 0.616. The number of carbonyl (C=O) groups excluding carboxylic acids is 2. The van der Waals surface area contributed by atoms with E-state index in [9.17, 15) is 9.59 Å². The van der Waals surface area contributed by atoms with Gasteiger partial charge in [-0.2, -0.15) is 0 Å². The van der Waals surface area contributed by atoms with Gasteiger partial charge in [-0.25, -0.2) is 0 Å². The van der Waals surface area contributed by atoms with Gasteiger partial charge in [0, 0.05) is 23.4 Å². The molecular weight excluding hydrogens is 416 g/mol. The topological polar surface area (TPSA) is 40.6 Å². The van der Waals surface area contributed by atoms with Crippen molar-refractivity contribution in [3.05, 3.63) is 100 Å². The molecule has 5 heteroatoms. The lowest BCUT2D eigenvalue weighted by Crippen LogP contribution is -2.50. The van der Waals surface area contributed by atoms with Crippen LogP contribution in [0.5, 0.6) is 0 Å². The molecule has 0 N–H and O–H groups in total. The fraction of sp³-hybridized carbons (Fsp3) is 0.259. The van der Waals surface area contributed by atoms with E-state index in [0.717, 1.165) is 33.7 Å². The van der Waals surface area contributed by atoms with Crippen molar-refractivity contribution in [2.24, 2.45) is 0 Å². The maximum absolute atomic E-state index is 14.1. The van der Waals surface area contributed by atoms with E-state index in [0.29, 0.717) is 18.7 Å². The second kappa shape index (κ2) is 7.82. The minimum Gasteiger partial charge on any atom is -0.311 e. The number of hydrogen-bond acceptors (Lipinski definition) is 3. The van der Waals surface area contributed by atoms with Crippen LogP contribution < -0.4 is 4.90 Å².